The maximum atomic E-state index is 14.1. The van der Waals surface area contributed by atoms with E-state index in [4.69, 9.17) is 51.1 Å². The van der Waals surface area contributed by atoms with E-state index < -0.39 is 34.8 Å². The van der Waals surface area contributed by atoms with Crippen LogP contribution in [0.2, 0.25) is 20.6 Å². The van der Waals surface area contributed by atoms with Gasteiger partial charge >= 0.3 is 29.0 Å². The van der Waals surface area contributed by atoms with E-state index in [0.29, 0.717) is 35.1 Å². The van der Waals surface area contributed by atoms with Crippen molar-refractivity contribution in [3.63, 3.8) is 0 Å². The van der Waals surface area contributed by atoms with Crippen LogP contribution < -0.4 is 17.0 Å². The minimum atomic E-state index is -0.901. The van der Waals surface area contributed by atoms with Gasteiger partial charge in [0.25, 0.3) is 0 Å². The predicted molar refractivity (Wildman–Crippen MR) is 196 cm³/mol. The van der Waals surface area contributed by atoms with Crippen molar-refractivity contribution in [2.24, 2.45) is 0 Å². The van der Waals surface area contributed by atoms with Gasteiger partial charge in [0.05, 0.1) is 12.7 Å². The molecule has 2 aromatic heterocycles. The Morgan fingerprint density at radius 3 is 1.56 bits per heavy atom. The number of ether oxygens (including phenoxy) is 2. The van der Waals surface area contributed by atoms with Crippen LogP contribution in [-0.2, 0) is 27.1 Å². The number of hydrogen-bond acceptors (Lipinski definition) is 6. The van der Waals surface area contributed by atoms with Gasteiger partial charge in [-0.25, -0.2) is 27.5 Å². The second-order valence-electron chi connectivity index (χ2n) is 11.5. The van der Waals surface area contributed by atoms with Crippen LogP contribution in [0, 0.1) is 30.7 Å². The van der Waals surface area contributed by atoms with Crippen LogP contribution in [0.5, 0.6) is 0 Å². The molecule has 1 aliphatic rings. The smallest absolute Gasteiger partial charge is 1.00 e. The second kappa shape index (κ2) is 23.9. The van der Waals surface area contributed by atoms with Gasteiger partial charge in [-0.3, -0.25) is 4.79 Å². The summed E-state index contributed by atoms with van der Waals surface area (Å²) in [6.07, 6.45) is 3.60. The fraction of sp³-hybridized carbons (Fsp3) is 0.333. The summed E-state index contributed by atoms with van der Waals surface area (Å²) in [7, 11) is 1.27. The summed E-state index contributed by atoms with van der Waals surface area (Å²) in [6.45, 7) is 5.34. The fourth-order valence-corrected chi connectivity index (χ4v) is 5.71. The van der Waals surface area contributed by atoms with E-state index in [0.717, 1.165) is 31.4 Å². The first kappa shape index (κ1) is 50.3. The molecule has 0 spiro atoms. The van der Waals surface area contributed by atoms with Gasteiger partial charge in [0.15, 0.2) is 0 Å². The van der Waals surface area contributed by atoms with Crippen LogP contribution in [0.4, 0.5) is 17.6 Å². The molecule has 0 radical (unpaired) electrons. The molecule has 52 heavy (non-hydrogen) atoms. The van der Waals surface area contributed by atoms with Crippen LogP contribution in [-0.4, -0.2) is 70.0 Å². The molecule has 0 aliphatic carbocycles. The molecule has 0 atom stereocenters. The Bertz CT molecular complexity index is 1760. The molecule has 280 valence electrons. The zero-order valence-corrected chi connectivity index (χ0v) is 35.0. The zero-order valence-electron chi connectivity index (χ0n) is 29.0. The van der Waals surface area contributed by atoms with Crippen molar-refractivity contribution in [2.75, 3.05) is 20.3 Å². The minimum Gasteiger partial charge on any atom is -1.00 e. The Kier molecular flexibility index (Phi) is 23.1. The molecule has 16 heteroatoms. The molecule has 0 bridgehead atoms. The van der Waals surface area contributed by atoms with Gasteiger partial charge in [-0.05, 0) is 105 Å². The van der Waals surface area contributed by atoms with Crippen LogP contribution in [0.3, 0.4) is 0 Å². The summed E-state index contributed by atoms with van der Waals surface area (Å²) >= 11 is 23.9. The minimum absolute atomic E-state index is 0. The molecular weight excluding hydrogens is 846 g/mol. The number of carbonyl (C=O) groups excluding carboxylic acids is 1. The van der Waals surface area contributed by atoms with Gasteiger partial charge in [0.1, 0.15) is 43.9 Å². The third-order valence-electron chi connectivity index (χ3n) is 7.15. The van der Waals surface area contributed by atoms with E-state index in [-0.39, 0.29) is 92.0 Å². The van der Waals surface area contributed by atoms with E-state index in [1.165, 1.54) is 50.3 Å². The van der Waals surface area contributed by atoms with Crippen LogP contribution in [0.25, 0.3) is 22.3 Å². The number of esters is 1. The summed E-state index contributed by atoms with van der Waals surface area (Å²) in [5.41, 5.74) is 1.26. The fourth-order valence-electron chi connectivity index (χ4n) is 4.66. The summed E-state index contributed by atoms with van der Waals surface area (Å²) < 4.78 is 63.7. The normalized spacial score (nSPS) is 11.8. The number of halogens is 9. The van der Waals surface area contributed by atoms with Gasteiger partial charge in [0.2, 0.25) is 0 Å². The number of nitrogens with zero attached hydrogens (tertiary/aromatic N) is 2. The van der Waals surface area contributed by atoms with Gasteiger partial charge in [-0.2, -0.15) is 0 Å². The SMILES string of the molecule is C1CCOC1.CC(C)(O)CCc1c(-c2ccc(F)cc2F)cc(Cl)nc1Cl.COC(=O)CCc1c(-c2ccc(F)cc2F)cc(Cl)nc1Cl.[Br-].[CH3-].[Mg+2]. The first-order chi connectivity index (χ1) is 23.1. The molecule has 2 aromatic carbocycles. The van der Waals surface area contributed by atoms with E-state index in [9.17, 15) is 27.5 Å². The van der Waals surface area contributed by atoms with E-state index in [2.05, 4.69) is 14.7 Å². The Morgan fingerprint density at radius 2 is 1.21 bits per heavy atom. The van der Waals surface area contributed by atoms with Crippen molar-refractivity contribution >= 4 is 75.4 Å². The monoisotopic (exact) mass is 880 g/mol. The molecular formula is C36H37BrCl4F4MgN2O4. The largest absolute Gasteiger partial charge is 2.00 e. The van der Waals surface area contributed by atoms with Gasteiger partial charge < -0.3 is 39.0 Å². The summed E-state index contributed by atoms with van der Waals surface area (Å²) in [6, 6.07) is 9.40. The molecule has 1 aliphatic heterocycles. The average molecular weight is 884 g/mol. The third kappa shape index (κ3) is 15.9. The van der Waals surface area contributed by atoms with Crippen LogP contribution in [0.15, 0.2) is 48.5 Å². The summed E-state index contributed by atoms with van der Waals surface area (Å²) in [5, 5.41) is 10.3. The Hall–Kier alpha value is -1.74. The quantitative estimate of drug-likeness (QED) is 0.0657. The van der Waals surface area contributed by atoms with E-state index >= 15 is 0 Å². The zero-order chi connectivity index (χ0) is 36.3. The molecule has 1 N–H and O–H groups in total. The van der Waals surface area contributed by atoms with Crippen molar-refractivity contribution in [2.45, 2.75) is 58.0 Å². The summed E-state index contributed by atoms with van der Waals surface area (Å²) in [4.78, 5) is 19.1. The van der Waals surface area contributed by atoms with Crippen molar-refractivity contribution in [1.82, 2.24) is 9.97 Å². The molecule has 0 amide bonds. The first-order valence-corrected chi connectivity index (χ1v) is 16.6. The molecule has 3 heterocycles. The molecule has 0 unspecified atom stereocenters. The molecule has 6 nitrogen and oxygen atoms in total. The number of carbonyl (C=O) groups is 1. The number of aromatic nitrogens is 2. The van der Waals surface area contributed by atoms with Crippen molar-refractivity contribution in [3.05, 3.63) is 111 Å². The number of aliphatic hydroxyl groups is 1. The number of rotatable bonds is 8. The molecule has 0 saturated carbocycles. The molecule has 4 aromatic rings. The maximum absolute atomic E-state index is 14.1. The van der Waals surface area contributed by atoms with Gasteiger partial charge in [-0.1, -0.05) is 46.4 Å². The average Bonchev–Trinajstić information content (AvgIpc) is 3.60. The van der Waals surface area contributed by atoms with Crippen molar-refractivity contribution in [3.8, 4) is 22.3 Å². The number of methoxy groups -OCH3 is 1. The first-order valence-electron chi connectivity index (χ1n) is 15.1. The van der Waals surface area contributed by atoms with Crippen molar-refractivity contribution in [1.29, 1.82) is 0 Å². The maximum Gasteiger partial charge on any atom is 2.00 e. The van der Waals surface area contributed by atoms with E-state index in [1.807, 2.05) is 0 Å². The van der Waals surface area contributed by atoms with Crippen molar-refractivity contribution < 1.29 is 53.9 Å². The van der Waals surface area contributed by atoms with E-state index in [1.54, 1.807) is 13.8 Å². The third-order valence-corrected chi connectivity index (χ3v) is 8.16. The Labute approximate surface area is 348 Å². The molecule has 5 rings (SSSR count). The Morgan fingerprint density at radius 1 is 0.788 bits per heavy atom. The number of benzene rings is 2. The Balaban J connectivity index is 0.000000836. The van der Waals surface area contributed by atoms with Crippen LogP contribution in [0.1, 0.15) is 50.7 Å². The second-order valence-corrected chi connectivity index (χ2v) is 13.0. The van der Waals surface area contributed by atoms with Gasteiger partial charge in [-0.15, -0.1) is 0 Å². The predicted octanol–water partition coefficient (Wildman–Crippen LogP) is 7.35. The van der Waals surface area contributed by atoms with Crippen LogP contribution >= 0.6 is 46.4 Å². The summed E-state index contributed by atoms with van der Waals surface area (Å²) in [5.74, 6) is -3.24. The molecule has 1 saturated heterocycles. The van der Waals surface area contributed by atoms with Gasteiger partial charge in [0, 0.05) is 42.9 Å². The number of hydrogen-bond donors (Lipinski definition) is 1. The number of pyridine rings is 2. The standard InChI is InChI=1S/C16H15Cl2F2NO.C15H11Cl2F2NO2.C4H8O.CH3.BrH.Mg/c1-16(2,22)6-5-11-12(8-14(17)21-15(11)18)10-4-3-9(19)7-13(10)20;1-22-14(21)5-4-10-11(7-13(16)20-15(10)17)9-3-2-8(18)6-12(9)19;1-2-4-5-3-1;;;/h3-4,7-8,22H,5-6H2,1-2H3;2-3,6-7H,4-5H2,1H3;1-4H2;1H3;1H;/q;;;-1;;+2/p-1. The molecule has 1 fully saturated rings. The topological polar surface area (TPSA) is 81.5 Å².